The van der Waals surface area contributed by atoms with Crippen molar-refractivity contribution in [2.45, 2.75) is 19.9 Å². The molecule has 1 saturated heterocycles. The molecule has 22 heavy (non-hydrogen) atoms. The van der Waals surface area contributed by atoms with Crippen LogP contribution in [0.3, 0.4) is 0 Å². The lowest BCUT2D eigenvalue weighted by molar-refractivity contribution is 0.588. The summed E-state index contributed by atoms with van der Waals surface area (Å²) in [6.45, 7) is 5.03. The van der Waals surface area contributed by atoms with E-state index in [1.54, 1.807) is 0 Å². The first-order chi connectivity index (χ1) is 10.1. The normalized spacial score (nSPS) is 20.4. The number of hydrogen-bond donors (Lipinski definition) is 2. The molecule has 1 aromatic heterocycles. The lowest BCUT2D eigenvalue weighted by atomic mass is 10.1. The third-order valence-corrected chi connectivity index (χ3v) is 5.34. The Morgan fingerprint density at radius 1 is 1.32 bits per heavy atom. The van der Waals surface area contributed by atoms with Crippen LogP contribution in [0.1, 0.15) is 13.3 Å². The number of hydrogen-bond acceptors (Lipinski definition) is 3. The van der Waals surface area contributed by atoms with Crippen molar-refractivity contribution in [1.82, 2.24) is 15.2 Å². The summed E-state index contributed by atoms with van der Waals surface area (Å²) in [6.07, 6.45) is 4.78. The first kappa shape index (κ1) is 19.3. The van der Waals surface area contributed by atoms with Crippen molar-refractivity contribution in [2.75, 3.05) is 31.1 Å². The Labute approximate surface area is 149 Å². The van der Waals surface area contributed by atoms with E-state index in [9.17, 15) is 8.42 Å². The summed E-state index contributed by atoms with van der Waals surface area (Å²) in [6, 6.07) is 4.00. The van der Waals surface area contributed by atoms with Crippen molar-refractivity contribution >= 4 is 39.8 Å². The SMILES string of the molecule is CCNC(=NCC1CCS(=O)(=O)C1)NCCn1cccc1.I. The van der Waals surface area contributed by atoms with Crippen LogP contribution in [0.4, 0.5) is 0 Å². The molecule has 2 N–H and O–H groups in total. The second-order valence-electron chi connectivity index (χ2n) is 5.34. The molecule has 0 bridgehead atoms. The van der Waals surface area contributed by atoms with Crippen LogP contribution in [-0.4, -0.2) is 50.1 Å². The molecule has 1 atom stereocenters. The van der Waals surface area contributed by atoms with Gasteiger partial charge >= 0.3 is 0 Å². The smallest absolute Gasteiger partial charge is 0.191 e. The molecule has 0 amide bonds. The van der Waals surface area contributed by atoms with E-state index in [1.165, 1.54) is 0 Å². The molecule has 6 nitrogen and oxygen atoms in total. The van der Waals surface area contributed by atoms with Crippen molar-refractivity contribution in [1.29, 1.82) is 0 Å². The highest BCUT2D eigenvalue weighted by molar-refractivity contribution is 14.0. The maximum Gasteiger partial charge on any atom is 0.191 e. The van der Waals surface area contributed by atoms with Crippen LogP contribution in [0.2, 0.25) is 0 Å². The minimum atomic E-state index is -2.82. The Morgan fingerprint density at radius 2 is 2.05 bits per heavy atom. The van der Waals surface area contributed by atoms with E-state index < -0.39 is 9.84 Å². The minimum absolute atomic E-state index is 0. The van der Waals surface area contributed by atoms with Gasteiger partial charge in [0.05, 0.1) is 11.5 Å². The molecular weight excluding hydrogens is 415 g/mol. The van der Waals surface area contributed by atoms with Crippen LogP contribution in [-0.2, 0) is 16.4 Å². The standard InChI is InChI=1S/C14H24N4O2S.HI/c1-2-15-14(16-6-9-18-7-3-4-8-18)17-11-13-5-10-21(19,20)12-13;/h3-4,7-8,13H,2,5-6,9-12H2,1H3,(H2,15,16,17);1H. The maximum atomic E-state index is 11.4. The number of nitrogens with one attached hydrogen (secondary N) is 2. The van der Waals surface area contributed by atoms with Gasteiger partial charge in [0.2, 0.25) is 0 Å². The highest BCUT2D eigenvalue weighted by Crippen LogP contribution is 2.18. The molecule has 1 unspecified atom stereocenters. The molecule has 0 aromatic carbocycles. The quantitative estimate of drug-likeness (QED) is 0.395. The van der Waals surface area contributed by atoms with Crippen LogP contribution in [0.25, 0.3) is 0 Å². The first-order valence-corrected chi connectivity index (χ1v) is 9.24. The van der Waals surface area contributed by atoms with Gasteiger partial charge in [0, 0.05) is 38.6 Å². The second kappa shape index (κ2) is 9.39. The molecular formula is C14H25IN4O2S. The summed E-state index contributed by atoms with van der Waals surface area (Å²) in [5.41, 5.74) is 0. The van der Waals surface area contributed by atoms with Crippen LogP contribution >= 0.6 is 24.0 Å². The number of sulfone groups is 1. The monoisotopic (exact) mass is 440 g/mol. The van der Waals surface area contributed by atoms with E-state index in [2.05, 4.69) is 20.2 Å². The third-order valence-electron chi connectivity index (χ3n) is 3.51. The first-order valence-electron chi connectivity index (χ1n) is 7.42. The lowest BCUT2D eigenvalue weighted by Crippen LogP contribution is -2.39. The minimum Gasteiger partial charge on any atom is -0.357 e. The summed E-state index contributed by atoms with van der Waals surface area (Å²) in [4.78, 5) is 4.50. The number of nitrogens with zero attached hydrogens (tertiary/aromatic N) is 2. The highest BCUT2D eigenvalue weighted by atomic mass is 127. The Bertz CT molecular complexity index is 557. The third kappa shape index (κ3) is 6.55. The molecule has 0 aliphatic carbocycles. The van der Waals surface area contributed by atoms with E-state index in [1.807, 2.05) is 31.5 Å². The summed E-state index contributed by atoms with van der Waals surface area (Å²) < 4.78 is 25.0. The van der Waals surface area contributed by atoms with E-state index in [0.29, 0.717) is 12.3 Å². The summed E-state index contributed by atoms with van der Waals surface area (Å²) in [7, 11) is -2.82. The molecule has 2 rings (SSSR count). The highest BCUT2D eigenvalue weighted by Gasteiger charge is 2.27. The van der Waals surface area contributed by atoms with Gasteiger partial charge in [0.1, 0.15) is 0 Å². The molecule has 1 fully saturated rings. The summed E-state index contributed by atoms with van der Waals surface area (Å²) >= 11 is 0. The summed E-state index contributed by atoms with van der Waals surface area (Å²) in [5, 5.41) is 6.46. The van der Waals surface area contributed by atoms with Crippen molar-refractivity contribution in [3.8, 4) is 0 Å². The number of rotatable bonds is 6. The van der Waals surface area contributed by atoms with E-state index in [-0.39, 0.29) is 35.6 Å². The number of aliphatic imine (C=N–C) groups is 1. The zero-order chi connectivity index (χ0) is 15.1. The Balaban J connectivity index is 0.00000242. The molecule has 126 valence electrons. The van der Waals surface area contributed by atoms with Gasteiger partial charge in [-0.15, -0.1) is 24.0 Å². The van der Waals surface area contributed by atoms with Crippen molar-refractivity contribution < 1.29 is 8.42 Å². The number of halogens is 1. The maximum absolute atomic E-state index is 11.4. The van der Waals surface area contributed by atoms with Gasteiger partial charge in [0.25, 0.3) is 0 Å². The average Bonchev–Trinajstić information content (AvgIpc) is 3.05. The fraction of sp³-hybridized carbons (Fsp3) is 0.643. The number of aromatic nitrogens is 1. The van der Waals surface area contributed by atoms with Gasteiger partial charge in [-0.3, -0.25) is 4.99 Å². The molecule has 1 aromatic rings. The van der Waals surface area contributed by atoms with Gasteiger partial charge in [-0.1, -0.05) is 0 Å². The van der Waals surface area contributed by atoms with Gasteiger partial charge < -0.3 is 15.2 Å². The summed E-state index contributed by atoms with van der Waals surface area (Å²) in [5.74, 6) is 1.51. The van der Waals surface area contributed by atoms with E-state index >= 15 is 0 Å². The van der Waals surface area contributed by atoms with Crippen LogP contribution in [0, 0.1) is 5.92 Å². The van der Waals surface area contributed by atoms with Crippen molar-refractivity contribution in [3.63, 3.8) is 0 Å². The Kier molecular flexibility index (Phi) is 8.23. The van der Waals surface area contributed by atoms with E-state index in [0.717, 1.165) is 32.0 Å². The Hall–Kier alpha value is -0.770. The molecule has 1 aliphatic rings. The zero-order valence-corrected chi connectivity index (χ0v) is 16.0. The fourth-order valence-corrected chi connectivity index (χ4v) is 4.25. The predicted octanol–water partition coefficient (Wildman–Crippen LogP) is 1.10. The molecule has 0 saturated carbocycles. The van der Waals surface area contributed by atoms with E-state index in [4.69, 9.17) is 0 Å². The van der Waals surface area contributed by atoms with Crippen LogP contribution in [0.15, 0.2) is 29.5 Å². The molecule has 1 aliphatic heterocycles. The van der Waals surface area contributed by atoms with Crippen LogP contribution < -0.4 is 10.6 Å². The van der Waals surface area contributed by atoms with Crippen molar-refractivity contribution in [3.05, 3.63) is 24.5 Å². The largest absolute Gasteiger partial charge is 0.357 e. The molecule has 0 radical (unpaired) electrons. The predicted molar refractivity (Wildman–Crippen MR) is 101 cm³/mol. The fourth-order valence-electron chi connectivity index (χ4n) is 2.40. The second-order valence-corrected chi connectivity index (χ2v) is 7.57. The van der Waals surface area contributed by atoms with Crippen LogP contribution in [0.5, 0.6) is 0 Å². The number of guanidine groups is 1. The van der Waals surface area contributed by atoms with Gasteiger partial charge in [0.15, 0.2) is 15.8 Å². The average molecular weight is 440 g/mol. The van der Waals surface area contributed by atoms with Gasteiger partial charge in [-0.2, -0.15) is 0 Å². The molecule has 8 heteroatoms. The van der Waals surface area contributed by atoms with Gasteiger partial charge in [-0.25, -0.2) is 8.42 Å². The van der Waals surface area contributed by atoms with Gasteiger partial charge in [-0.05, 0) is 31.4 Å². The Morgan fingerprint density at radius 3 is 2.64 bits per heavy atom. The lowest BCUT2D eigenvalue weighted by Gasteiger charge is -2.12. The zero-order valence-electron chi connectivity index (χ0n) is 12.9. The molecule has 0 spiro atoms. The van der Waals surface area contributed by atoms with Crippen molar-refractivity contribution in [2.24, 2.45) is 10.9 Å². The topological polar surface area (TPSA) is 75.5 Å². The molecule has 2 heterocycles.